The van der Waals surface area contributed by atoms with E-state index in [4.69, 9.17) is 17.3 Å². The maximum Gasteiger partial charge on any atom is 0.258 e. The largest absolute Gasteiger partial charge is 0.398 e. The molecule has 2 aromatic rings. The van der Waals surface area contributed by atoms with Crippen molar-refractivity contribution in [3.63, 3.8) is 0 Å². The number of nitrogens with zero attached hydrogens (tertiary/aromatic N) is 2. The smallest absolute Gasteiger partial charge is 0.258 e. The topological polar surface area (TPSA) is 79.5 Å². The Bertz CT molecular complexity index is 925. The highest BCUT2D eigenvalue weighted by Gasteiger charge is 2.24. The molecule has 0 spiro atoms. The van der Waals surface area contributed by atoms with Gasteiger partial charge in [0, 0.05) is 60.7 Å². The highest BCUT2D eigenvalue weighted by atomic mass is 35.5. The minimum Gasteiger partial charge on any atom is -0.398 e. The van der Waals surface area contributed by atoms with Gasteiger partial charge < -0.3 is 15.7 Å². The molecule has 1 heterocycles. The van der Waals surface area contributed by atoms with E-state index < -0.39 is 11.7 Å². The van der Waals surface area contributed by atoms with E-state index in [0.29, 0.717) is 23.4 Å². The first-order chi connectivity index (χ1) is 12.3. The Morgan fingerprint density at radius 2 is 2.12 bits per heavy atom. The quantitative estimate of drug-likeness (QED) is 0.805. The van der Waals surface area contributed by atoms with Gasteiger partial charge in [-0.3, -0.25) is 9.78 Å². The van der Waals surface area contributed by atoms with Gasteiger partial charge >= 0.3 is 0 Å². The van der Waals surface area contributed by atoms with Crippen LogP contribution in [0.5, 0.6) is 0 Å². The molecule has 26 heavy (non-hydrogen) atoms. The lowest BCUT2D eigenvalue weighted by Gasteiger charge is -2.15. The van der Waals surface area contributed by atoms with Crippen molar-refractivity contribution in [1.82, 2.24) is 9.88 Å². The molecular weight excluding hydrogens is 357 g/mol. The Labute approximate surface area is 155 Å². The number of hydrogen-bond donors (Lipinski definition) is 2. The molecule has 1 aromatic carbocycles. The van der Waals surface area contributed by atoms with Gasteiger partial charge in [-0.05, 0) is 30.2 Å². The van der Waals surface area contributed by atoms with E-state index in [1.54, 1.807) is 26.4 Å². The van der Waals surface area contributed by atoms with E-state index in [2.05, 4.69) is 4.98 Å². The van der Waals surface area contributed by atoms with Crippen LogP contribution in [0.1, 0.15) is 28.0 Å². The zero-order valence-corrected chi connectivity index (χ0v) is 15.3. The summed E-state index contributed by atoms with van der Waals surface area (Å²) in [5, 5.41) is 9.89. The lowest BCUT2D eigenvalue weighted by molar-refractivity contribution is 0.0824. The Morgan fingerprint density at radius 3 is 2.77 bits per heavy atom. The predicted molar refractivity (Wildman–Crippen MR) is 100 cm³/mol. The highest BCUT2D eigenvalue weighted by Crippen LogP contribution is 2.38. The predicted octanol–water partition coefficient (Wildman–Crippen LogP) is 3.06. The van der Waals surface area contributed by atoms with Crippen LogP contribution in [-0.2, 0) is 6.42 Å². The number of amides is 1. The fraction of sp³-hybridized carbons (Fsp3) is 0.263. The third kappa shape index (κ3) is 3.06. The van der Waals surface area contributed by atoms with Crippen LogP contribution >= 0.6 is 11.6 Å². The molecule has 3 rings (SSSR count). The van der Waals surface area contributed by atoms with E-state index in [-0.39, 0.29) is 23.4 Å². The Hall–Kier alpha value is -2.44. The van der Waals surface area contributed by atoms with E-state index in [0.717, 1.165) is 16.8 Å². The van der Waals surface area contributed by atoms with Crippen molar-refractivity contribution in [1.29, 1.82) is 0 Å². The number of carbonyl (C=O) groups is 1. The fourth-order valence-corrected chi connectivity index (χ4v) is 3.40. The summed E-state index contributed by atoms with van der Waals surface area (Å²) >= 11 is 6.26. The van der Waals surface area contributed by atoms with Crippen molar-refractivity contribution in [2.75, 3.05) is 26.4 Å². The van der Waals surface area contributed by atoms with Crippen molar-refractivity contribution in [3.8, 4) is 11.1 Å². The van der Waals surface area contributed by atoms with Crippen molar-refractivity contribution < 1.29 is 14.3 Å². The first-order valence-corrected chi connectivity index (χ1v) is 8.50. The molecule has 136 valence electrons. The van der Waals surface area contributed by atoms with Crippen molar-refractivity contribution in [2.45, 2.75) is 12.8 Å². The molecule has 0 bridgehead atoms. The number of benzene rings is 1. The summed E-state index contributed by atoms with van der Waals surface area (Å²) in [6.45, 7) is -0.0348. The van der Waals surface area contributed by atoms with E-state index in [1.807, 2.05) is 0 Å². The van der Waals surface area contributed by atoms with Gasteiger partial charge in [0.15, 0.2) is 0 Å². The van der Waals surface area contributed by atoms with Crippen molar-refractivity contribution in [3.05, 3.63) is 52.1 Å². The van der Waals surface area contributed by atoms with Gasteiger partial charge in [0.1, 0.15) is 5.82 Å². The molecule has 1 aliphatic carbocycles. The van der Waals surface area contributed by atoms with Crippen molar-refractivity contribution in [2.24, 2.45) is 0 Å². The second kappa shape index (κ2) is 7.05. The van der Waals surface area contributed by atoms with E-state index >= 15 is 4.39 Å². The SMILES string of the molecule is CN(C)C(=O)c1c(N)ccc(-c2cnc3c(c2)C(CCO)=C(Cl)C3)c1F. The molecule has 0 fully saturated rings. The van der Waals surface area contributed by atoms with Gasteiger partial charge in [0.05, 0.1) is 11.3 Å². The number of hydrogen-bond acceptors (Lipinski definition) is 4. The summed E-state index contributed by atoms with van der Waals surface area (Å²) in [7, 11) is 3.08. The summed E-state index contributed by atoms with van der Waals surface area (Å²) in [5.74, 6) is -1.18. The monoisotopic (exact) mass is 375 g/mol. The number of rotatable bonds is 4. The maximum atomic E-state index is 15.1. The molecule has 1 amide bonds. The normalized spacial score (nSPS) is 13.1. The molecule has 0 saturated carbocycles. The number of pyridine rings is 1. The summed E-state index contributed by atoms with van der Waals surface area (Å²) < 4.78 is 15.1. The number of allylic oxidation sites excluding steroid dienone is 1. The molecule has 5 nitrogen and oxygen atoms in total. The third-order valence-corrected chi connectivity index (χ3v) is 4.77. The lowest BCUT2D eigenvalue weighted by atomic mass is 9.98. The Kier molecular flexibility index (Phi) is 4.98. The van der Waals surface area contributed by atoms with Crippen LogP contribution in [0.2, 0.25) is 0 Å². The number of nitrogen functional groups attached to an aromatic ring is 1. The van der Waals surface area contributed by atoms with Crippen LogP contribution in [0, 0.1) is 5.82 Å². The van der Waals surface area contributed by atoms with Crippen molar-refractivity contribution >= 4 is 28.8 Å². The number of anilines is 1. The number of aliphatic hydroxyl groups is 1. The summed E-state index contributed by atoms with van der Waals surface area (Å²) in [6.07, 6.45) is 2.47. The number of fused-ring (bicyclic) bond motifs is 1. The van der Waals surface area contributed by atoms with Gasteiger partial charge in [-0.25, -0.2) is 4.39 Å². The minimum atomic E-state index is -0.678. The Morgan fingerprint density at radius 1 is 1.38 bits per heavy atom. The minimum absolute atomic E-state index is 0.0348. The molecule has 0 aliphatic heterocycles. The van der Waals surface area contributed by atoms with Crippen LogP contribution in [0.3, 0.4) is 0 Å². The van der Waals surface area contributed by atoms with Crippen LogP contribution in [-0.4, -0.2) is 41.6 Å². The Balaban J connectivity index is 2.12. The molecule has 0 unspecified atom stereocenters. The average molecular weight is 376 g/mol. The molecule has 1 aliphatic rings. The molecule has 0 atom stereocenters. The zero-order chi connectivity index (χ0) is 19.0. The lowest BCUT2D eigenvalue weighted by Crippen LogP contribution is -2.24. The number of aromatic nitrogens is 1. The summed E-state index contributed by atoms with van der Waals surface area (Å²) in [6, 6.07) is 4.84. The molecule has 0 saturated heterocycles. The van der Waals surface area contributed by atoms with Gasteiger partial charge in [0.25, 0.3) is 5.91 Å². The van der Waals surface area contributed by atoms with Gasteiger partial charge in [-0.15, -0.1) is 0 Å². The highest BCUT2D eigenvalue weighted by molar-refractivity contribution is 6.33. The fourth-order valence-electron chi connectivity index (χ4n) is 3.08. The van der Waals surface area contributed by atoms with Gasteiger partial charge in [-0.2, -0.15) is 0 Å². The van der Waals surface area contributed by atoms with E-state index in [9.17, 15) is 9.90 Å². The van der Waals surface area contributed by atoms with E-state index in [1.165, 1.54) is 17.0 Å². The average Bonchev–Trinajstić information content (AvgIpc) is 2.90. The molecule has 0 radical (unpaired) electrons. The first-order valence-electron chi connectivity index (χ1n) is 8.12. The number of halogens is 2. The third-order valence-electron chi connectivity index (χ3n) is 4.41. The summed E-state index contributed by atoms with van der Waals surface area (Å²) in [5.41, 5.74) is 8.93. The summed E-state index contributed by atoms with van der Waals surface area (Å²) in [4.78, 5) is 17.9. The van der Waals surface area contributed by atoms with Gasteiger partial charge in [0.2, 0.25) is 0 Å². The van der Waals surface area contributed by atoms with Crippen LogP contribution in [0.4, 0.5) is 10.1 Å². The molecule has 1 aromatic heterocycles. The van der Waals surface area contributed by atoms with Crippen LogP contribution in [0.15, 0.2) is 29.4 Å². The maximum absolute atomic E-state index is 15.1. The standard InChI is InChI=1S/C19H19ClFN3O2/c1-24(2)19(26)17-15(22)4-3-11(18(17)21)10-7-13-12(5-6-25)14(20)8-16(13)23-9-10/h3-4,7,9,25H,5-6,8,22H2,1-2H3. The van der Waals surface area contributed by atoms with Gasteiger partial charge in [-0.1, -0.05) is 11.6 Å². The number of aliphatic hydroxyl groups excluding tert-OH is 1. The second-order valence-electron chi connectivity index (χ2n) is 6.34. The number of nitrogens with two attached hydrogens (primary N) is 1. The second-order valence-corrected chi connectivity index (χ2v) is 6.80. The zero-order valence-electron chi connectivity index (χ0n) is 14.5. The first kappa shape index (κ1) is 18.4. The number of carbonyl (C=O) groups excluding carboxylic acids is 1. The molecule has 7 heteroatoms. The van der Waals surface area contributed by atoms with Crippen LogP contribution in [0.25, 0.3) is 16.7 Å². The van der Waals surface area contributed by atoms with Crippen LogP contribution < -0.4 is 5.73 Å². The molecular formula is C19H19ClFN3O2. The molecule has 3 N–H and O–H groups in total.